The van der Waals surface area contributed by atoms with Crippen LogP contribution in [0.1, 0.15) is 36.5 Å². The molecule has 1 aromatic carbocycles. The maximum absolute atomic E-state index is 11.2. The lowest BCUT2D eigenvalue weighted by Crippen LogP contribution is -2.29. The summed E-state index contributed by atoms with van der Waals surface area (Å²) in [5, 5.41) is 22.8. The van der Waals surface area contributed by atoms with E-state index in [0.717, 1.165) is 12.5 Å². The molecule has 0 aromatic heterocycles. The van der Waals surface area contributed by atoms with E-state index >= 15 is 0 Å². The van der Waals surface area contributed by atoms with Gasteiger partial charge < -0.3 is 16.2 Å². The normalized spacial score (nSPS) is 11.7. The van der Waals surface area contributed by atoms with Crippen LogP contribution in [-0.4, -0.2) is 27.9 Å². The molecule has 1 atom stereocenters. The standard InChI is InChI=1S/C13H17N3O5/c1-2-3-4-10(13(18)19)15-9-6-5-8(12(14)17)7-11(9)16(20)21/h5-7,10,15H,2-4H2,1H3,(H2,14,17)(H,18,19). The molecule has 0 bridgehead atoms. The van der Waals surface area contributed by atoms with Crippen molar-refractivity contribution in [1.82, 2.24) is 0 Å². The van der Waals surface area contributed by atoms with Crippen molar-refractivity contribution >= 4 is 23.3 Å². The number of anilines is 1. The molecule has 1 amide bonds. The second-order valence-electron chi connectivity index (χ2n) is 4.53. The molecule has 1 aromatic rings. The predicted molar refractivity (Wildman–Crippen MR) is 76.2 cm³/mol. The summed E-state index contributed by atoms with van der Waals surface area (Å²) in [4.78, 5) is 32.5. The first-order chi connectivity index (χ1) is 9.86. The number of hydrogen-bond acceptors (Lipinski definition) is 5. The largest absolute Gasteiger partial charge is 0.480 e. The number of carbonyl (C=O) groups is 2. The zero-order valence-electron chi connectivity index (χ0n) is 11.5. The first kappa shape index (κ1) is 16.4. The molecule has 0 saturated heterocycles. The number of nitro groups is 1. The van der Waals surface area contributed by atoms with Gasteiger partial charge in [0.15, 0.2) is 0 Å². The molecule has 0 saturated carbocycles. The van der Waals surface area contributed by atoms with Crippen molar-refractivity contribution in [3.05, 3.63) is 33.9 Å². The SMILES string of the molecule is CCCCC(Nc1ccc(C(N)=O)cc1[N+](=O)[O-])C(=O)O. The van der Waals surface area contributed by atoms with Crippen LogP contribution in [0.2, 0.25) is 0 Å². The lowest BCUT2D eigenvalue weighted by Gasteiger charge is -2.15. The first-order valence-electron chi connectivity index (χ1n) is 6.44. The van der Waals surface area contributed by atoms with E-state index in [0.29, 0.717) is 12.8 Å². The zero-order valence-corrected chi connectivity index (χ0v) is 11.5. The summed E-state index contributed by atoms with van der Waals surface area (Å²) in [6, 6.07) is 2.71. The number of nitrogens with two attached hydrogens (primary N) is 1. The number of carboxylic acids is 1. The Bertz CT molecular complexity index is 559. The number of hydrogen-bond donors (Lipinski definition) is 3. The molecule has 0 heterocycles. The smallest absolute Gasteiger partial charge is 0.326 e. The summed E-state index contributed by atoms with van der Waals surface area (Å²) in [7, 11) is 0. The topological polar surface area (TPSA) is 136 Å². The summed E-state index contributed by atoms with van der Waals surface area (Å²) in [6.07, 6.45) is 1.84. The summed E-state index contributed by atoms with van der Waals surface area (Å²) in [5.74, 6) is -1.87. The van der Waals surface area contributed by atoms with E-state index in [2.05, 4.69) is 5.32 Å². The van der Waals surface area contributed by atoms with Gasteiger partial charge in [0.2, 0.25) is 5.91 Å². The number of aliphatic carboxylic acids is 1. The number of nitro benzene ring substituents is 1. The Hall–Kier alpha value is -2.64. The van der Waals surface area contributed by atoms with Crippen LogP contribution < -0.4 is 11.1 Å². The number of unbranched alkanes of at least 4 members (excludes halogenated alkanes) is 1. The molecule has 1 rings (SSSR count). The third-order valence-corrected chi connectivity index (χ3v) is 2.95. The molecule has 4 N–H and O–H groups in total. The van der Waals surface area contributed by atoms with Crippen molar-refractivity contribution in [3.63, 3.8) is 0 Å². The van der Waals surface area contributed by atoms with Gasteiger partial charge >= 0.3 is 5.97 Å². The van der Waals surface area contributed by atoms with Gasteiger partial charge in [-0.05, 0) is 18.6 Å². The van der Waals surface area contributed by atoms with Crippen LogP contribution in [0.5, 0.6) is 0 Å². The summed E-state index contributed by atoms with van der Waals surface area (Å²) < 4.78 is 0. The Labute approximate surface area is 121 Å². The Morgan fingerprint density at radius 2 is 2.14 bits per heavy atom. The summed E-state index contributed by atoms with van der Waals surface area (Å²) >= 11 is 0. The van der Waals surface area contributed by atoms with Gasteiger partial charge in [0.05, 0.1) is 4.92 Å². The van der Waals surface area contributed by atoms with Crippen molar-refractivity contribution < 1.29 is 19.6 Å². The molecule has 0 spiro atoms. The second-order valence-corrected chi connectivity index (χ2v) is 4.53. The van der Waals surface area contributed by atoms with Gasteiger partial charge in [0, 0.05) is 11.6 Å². The van der Waals surface area contributed by atoms with Crippen LogP contribution >= 0.6 is 0 Å². The van der Waals surface area contributed by atoms with E-state index in [1.807, 2.05) is 6.92 Å². The fourth-order valence-corrected chi connectivity index (χ4v) is 1.81. The summed E-state index contributed by atoms with van der Waals surface area (Å²) in [6.45, 7) is 1.92. The van der Waals surface area contributed by atoms with Gasteiger partial charge in [-0.25, -0.2) is 4.79 Å². The average molecular weight is 295 g/mol. The van der Waals surface area contributed by atoms with Crippen molar-refractivity contribution in [1.29, 1.82) is 0 Å². The molecule has 0 aliphatic rings. The van der Waals surface area contributed by atoms with Gasteiger partial charge in [-0.3, -0.25) is 14.9 Å². The van der Waals surface area contributed by atoms with Crippen LogP contribution in [0.3, 0.4) is 0 Å². The highest BCUT2D eigenvalue weighted by Crippen LogP contribution is 2.26. The van der Waals surface area contributed by atoms with Crippen LogP contribution in [0.4, 0.5) is 11.4 Å². The van der Waals surface area contributed by atoms with Gasteiger partial charge in [-0.15, -0.1) is 0 Å². The molecule has 0 radical (unpaired) electrons. The molecule has 21 heavy (non-hydrogen) atoms. The molecule has 0 fully saturated rings. The van der Waals surface area contributed by atoms with E-state index in [9.17, 15) is 19.7 Å². The van der Waals surface area contributed by atoms with E-state index in [4.69, 9.17) is 10.8 Å². The monoisotopic (exact) mass is 295 g/mol. The van der Waals surface area contributed by atoms with Gasteiger partial charge in [0.25, 0.3) is 5.69 Å². The third-order valence-electron chi connectivity index (χ3n) is 2.95. The second kappa shape index (κ2) is 7.22. The quantitative estimate of drug-likeness (QED) is 0.493. The van der Waals surface area contributed by atoms with Crippen molar-refractivity contribution in [2.45, 2.75) is 32.2 Å². The number of rotatable bonds is 8. The Balaban J connectivity index is 3.07. The number of carbonyl (C=O) groups excluding carboxylic acids is 1. The number of benzene rings is 1. The fraction of sp³-hybridized carbons (Fsp3) is 0.385. The van der Waals surface area contributed by atoms with Crippen molar-refractivity contribution in [2.75, 3.05) is 5.32 Å². The summed E-state index contributed by atoms with van der Waals surface area (Å²) in [5.41, 5.74) is 4.73. The number of carboxylic acid groups (broad SMARTS) is 1. The Kier molecular flexibility index (Phi) is 5.65. The van der Waals surface area contributed by atoms with Crippen LogP contribution in [0.25, 0.3) is 0 Å². The maximum Gasteiger partial charge on any atom is 0.326 e. The van der Waals surface area contributed by atoms with Crippen LogP contribution in [0, 0.1) is 10.1 Å². The minimum Gasteiger partial charge on any atom is -0.480 e. The highest BCUT2D eigenvalue weighted by atomic mass is 16.6. The molecule has 0 aliphatic heterocycles. The van der Waals surface area contributed by atoms with Gasteiger partial charge in [0.1, 0.15) is 11.7 Å². The highest BCUT2D eigenvalue weighted by molar-refractivity contribution is 5.94. The van der Waals surface area contributed by atoms with Gasteiger partial charge in [-0.1, -0.05) is 19.8 Å². The average Bonchev–Trinajstić information content (AvgIpc) is 2.42. The number of amides is 1. The Morgan fingerprint density at radius 3 is 2.62 bits per heavy atom. The number of primary amides is 1. The molecular weight excluding hydrogens is 278 g/mol. The minimum absolute atomic E-state index is 0.00677. The number of nitrogens with one attached hydrogen (secondary N) is 1. The molecule has 8 nitrogen and oxygen atoms in total. The van der Waals surface area contributed by atoms with Crippen LogP contribution in [-0.2, 0) is 4.79 Å². The first-order valence-corrected chi connectivity index (χ1v) is 6.44. The van der Waals surface area contributed by atoms with E-state index in [1.165, 1.54) is 12.1 Å². The maximum atomic E-state index is 11.2. The lowest BCUT2D eigenvalue weighted by molar-refractivity contribution is -0.384. The molecule has 8 heteroatoms. The predicted octanol–water partition coefficient (Wildman–Crippen LogP) is 1.75. The highest BCUT2D eigenvalue weighted by Gasteiger charge is 2.22. The van der Waals surface area contributed by atoms with E-state index in [1.54, 1.807) is 0 Å². The Morgan fingerprint density at radius 1 is 1.48 bits per heavy atom. The molecule has 0 aliphatic carbocycles. The fourth-order valence-electron chi connectivity index (χ4n) is 1.81. The lowest BCUT2D eigenvalue weighted by atomic mass is 10.1. The van der Waals surface area contributed by atoms with Crippen molar-refractivity contribution in [3.8, 4) is 0 Å². The van der Waals surface area contributed by atoms with Gasteiger partial charge in [-0.2, -0.15) is 0 Å². The third kappa shape index (κ3) is 4.44. The number of nitrogens with zero attached hydrogens (tertiary/aromatic N) is 1. The molecular formula is C13H17N3O5. The van der Waals surface area contributed by atoms with E-state index < -0.39 is 22.8 Å². The zero-order chi connectivity index (χ0) is 16.0. The van der Waals surface area contributed by atoms with E-state index in [-0.39, 0.29) is 16.9 Å². The van der Waals surface area contributed by atoms with Crippen LogP contribution in [0.15, 0.2) is 18.2 Å². The van der Waals surface area contributed by atoms with Crippen molar-refractivity contribution in [2.24, 2.45) is 5.73 Å². The minimum atomic E-state index is -1.09. The molecule has 1 unspecified atom stereocenters. The molecule has 114 valence electrons.